The molecule has 16 heavy (non-hydrogen) atoms. The smallest absolute Gasteiger partial charge is 0.109 e. The number of aryl methyl sites for hydroxylation is 1. The Morgan fingerprint density at radius 3 is 2.81 bits per heavy atom. The third-order valence-corrected chi connectivity index (χ3v) is 4.39. The number of nitrogens with two attached hydrogens (primary N) is 1. The van der Waals surface area contributed by atoms with E-state index in [9.17, 15) is 0 Å². The van der Waals surface area contributed by atoms with E-state index < -0.39 is 0 Å². The normalized spacial score (nSPS) is 33.8. The van der Waals surface area contributed by atoms with Crippen molar-refractivity contribution < 1.29 is 0 Å². The number of imidazole rings is 1. The van der Waals surface area contributed by atoms with Gasteiger partial charge in [0, 0.05) is 31.9 Å². The van der Waals surface area contributed by atoms with E-state index in [1.165, 1.54) is 19.3 Å². The van der Waals surface area contributed by atoms with Crippen LogP contribution in [0.25, 0.3) is 0 Å². The molecule has 0 saturated heterocycles. The Kier molecular flexibility index (Phi) is 2.48. The van der Waals surface area contributed by atoms with Gasteiger partial charge in [-0.15, -0.1) is 0 Å². The van der Waals surface area contributed by atoms with E-state index in [1.54, 1.807) is 0 Å². The summed E-state index contributed by atoms with van der Waals surface area (Å²) in [6.45, 7) is 0. The quantitative estimate of drug-likeness (QED) is 0.584. The second-order valence-electron chi connectivity index (χ2n) is 5.42. The van der Waals surface area contributed by atoms with Gasteiger partial charge in [-0.2, -0.15) is 0 Å². The third-order valence-electron chi connectivity index (χ3n) is 4.39. The largest absolute Gasteiger partial charge is 0.338 e. The molecular weight excluding hydrogens is 200 g/mol. The van der Waals surface area contributed by atoms with Crippen LogP contribution in [0, 0.1) is 17.8 Å². The molecule has 0 amide bonds. The summed E-state index contributed by atoms with van der Waals surface area (Å²) < 4.78 is 2.08. The highest BCUT2D eigenvalue weighted by Crippen LogP contribution is 2.55. The minimum Gasteiger partial charge on any atom is -0.338 e. The molecule has 0 bridgehead atoms. The van der Waals surface area contributed by atoms with Crippen molar-refractivity contribution in [2.24, 2.45) is 30.6 Å². The van der Waals surface area contributed by atoms with E-state index in [0.717, 1.165) is 30.0 Å². The van der Waals surface area contributed by atoms with Crippen molar-refractivity contribution in [2.45, 2.75) is 31.7 Å². The molecule has 1 aromatic rings. The Labute approximate surface area is 96.2 Å². The van der Waals surface area contributed by atoms with Crippen LogP contribution < -0.4 is 11.3 Å². The Morgan fingerprint density at radius 1 is 1.50 bits per heavy atom. The first-order valence-electron chi connectivity index (χ1n) is 6.20. The van der Waals surface area contributed by atoms with Crippen molar-refractivity contribution in [2.75, 3.05) is 0 Å². The summed E-state index contributed by atoms with van der Waals surface area (Å²) in [5.41, 5.74) is 3.00. The summed E-state index contributed by atoms with van der Waals surface area (Å²) in [6, 6.07) is 0.397. The SMILES string of the molecule is Cn1ccnc1CC(NN)C1CC2CC2C1. The Bertz CT molecular complexity index is 363. The number of nitrogens with zero attached hydrogens (tertiary/aromatic N) is 2. The summed E-state index contributed by atoms with van der Waals surface area (Å²) in [6.07, 6.45) is 9.00. The van der Waals surface area contributed by atoms with Crippen molar-refractivity contribution in [1.82, 2.24) is 15.0 Å². The average Bonchev–Trinajstić information content (AvgIpc) is 2.71. The molecule has 0 radical (unpaired) electrons. The lowest BCUT2D eigenvalue weighted by molar-refractivity contribution is 0.330. The van der Waals surface area contributed by atoms with Crippen LogP contribution in [0.4, 0.5) is 0 Å². The van der Waals surface area contributed by atoms with E-state index in [-0.39, 0.29) is 0 Å². The number of nitrogens with one attached hydrogen (secondary N) is 1. The molecule has 3 rings (SSSR count). The van der Waals surface area contributed by atoms with Crippen LogP contribution in [0.1, 0.15) is 25.1 Å². The molecule has 2 saturated carbocycles. The van der Waals surface area contributed by atoms with Crippen LogP contribution in [0.15, 0.2) is 12.4 Å². The van der Waals surface area contributed by atoms with Crippen LogP contribution in [-0.4, -0.2) is 15.6 Å². The number of hydrogen-bond donors (Lipinski definition) is 2. The standard InChI is InChI=1S/C12H20N4/c1-16-3-2-14-12(16)7-11(15-13)10-5-8-4-9(8)6-10/h2-3,8-11,15H,4-7,13H2,1H3. The van der Waals surface area contributed by atoms with Crippen LogP contribution in [0.3, 0.4) is 0 Å². The number of aromatic nitrogens is 2. The van der Waals surface area contributed by atoms with Gasteiger partial charge < -0.3 is 4.57 Å². The van der Waals surface area contributed by atoms with E-state index in [0.29, 0.717) is 6.04 Å². The van der Waals surface area contributed by atoms with E-state index in [1.807, 2.05) is 19.4 Å². The van der Waals surface area contributed by atoms with Gasteiger partial charge >= 0.3 is 0 Å². The molecule has 1 aromatic heterocycles. The Morgan fingerprint density at radius 2 is 2.25 bits per heavy atom. The van der Waals surface area contributed by atoms with Gasteiger partial charge in [0.15, 0.2) is 0 Å². The van der Waals surface area contributed by atoms with E-state index >= 15 is 0 Å². The minimum atomic E-state index is 0.397. The molecule has 88 valence electrons. The fourth-order valence-corrected chi connectivity index (χ4v) is 3.24. The fraction of sp³-hybridized carbons (Fsp3) is 0.750. The summed E-state index contributed by atoms with van der Waals surface area (Å²) in [7, 11) is 2.04. The summed E-state index contributed by atoms with van der Waals surface area (Å²) in [4.78, 5) is 4.37. The molecular formula is C12H20N4. The maximum Gasteiger partial charge on any atom is 0.109 e. The molecule has 0 spiro atoms. The van der Waals surface area contributed by atoms with Crippen LogP contribution in [0.2, 0.25) is 0 Å². The second kappa shape index (κ2) is 3.86. The zero-order chi connectivity index (χ0) is 11.1. The van der Waals surface area contributed by atoms with Gasteiger partial charge in [0.05, 0.1) is 0 Å². The summed E-state index contributed by atoms with van der Waals surface area (Å²) >= 11 is 0. The lowest BCUT2D eigenvalue weighted by atomic mass is 9.92. The molecule has 3 unspecified atom stereocenters. The summed E-state index contributed by atoms with van der Waals surface area (Å²) in [5, 5.41) is 0. The number of rotatable bonds is 4. The van der Waals surface area contributed by atoms with Crippen LogP contribution in [-0.2, 0) is 13.5 Å². The first-order chi connectivity index (χ1) is 7.78. The van der Waals surface area contributed by atoms with Gasteiger partial charge in [0.1, 0.15) is 5.82 Å². The predicted octanol–water partition coefficient (Wildman–Crippen LogP) is 0.841. The zero-order valence-electron chi connectivity index (χ0n) is 9.76. The molecule has 3 atom stereocenters. The topological polar surface area (TPSA) is 55.9 Å². The van der Waals surface area contributed by atoms with Crippen LogP contribution in [0.5, 0.6) is 0 Å². The molecule has 0 aromatic carbocycles. The molecule has 3 N–H and O–H groups in total. The molecule has 0 aliphatic heterocycles. The number of hydrogen-bond acceptors (Lipinski definition) is 3. The molecule has 2 aliphatic carbocycles. The molecule has 4 nitrogen and oxygen atoms in total. The highest BCUT2D eigenvalue weighted by molar-refractivity contribution is 5.02. The average molecular weight is 220 g/mol. The van der Waals surface area contributed by atoms with Gasteiger partial charge in [-0.25, -0.2) is 4.98 Å². The lowest BCUT2D eigenvalue weighted by Gasteiger charge is -2.23. The van der Waals surface area contributed by atoms with Crippen molar-refractivity contribution in [3.63, 3.8) is 0 Å². The Balaban J connectivity index is 1.65. The molecule has 2 fully saturated rings. The second-order valence-corrected chi connectivity index (χ2v) is 5.42. The minimum absolute atomic E-state index is 0.397. The fourth-order valence-electron chi connectivity index (χ4n) is 3.24. The predicted molar refractivity (Wildman–Crippen MR) is 62.3 cm³/mol. The van der Waals surface area contributed by atoms with Crippen molar-refractivity contribution >= 4 is 0 Å². The maximum absolute atomic E-state index is 5.69. The Hall–Kier alpha value is -0.870. The monoisotopic (exact) mass is 220 g/mol. The van der Waals surface area contributed by atoms with Gasteiger partial charge in [-0.05, 0) is 37.0 Å². The van der Waals surface area contributed by atoms with Crippen molar-refractivity contribution in [3.05, 3.63) is 18.2 Å². The third kappa shape index (κ3) is 1.76. The first kappa shape index (κ1) is 10.3. The van der Waals surface area contributed by atoms with E-state index in [4.69, 9.17) is 5.84 Å². The zero-order valence-corrected chi connectivity index (χ0v) is 9.76. The number of fused-ring (bicyclic) bond motifs is 1. The summed E-state index contributed by atoms with van der Waals surface area (Å²) in [5.74, 6) is 9.61. The van der Waals surface area contributed by atoms with Gasteiger partial charge in [0.25, 0.3) is 0 Å². The molecule has 4 heteroatoms. The van der Waals surface area contributed by atoms with Crippen LogP contribution >= 0.6 is 0 Å². The van der Waals surface area contributed by atoms with E-state index in [2.05, 4.69) is 15.0 Å². The van der Waals surface area contributed by atoms with Gasteiger partial charge in [-0.1, -0.05) is 0 Å². The molecule has 1 heterocycles. The highest BCUT2D eigenvalue weighted by Gasteiger charge is 2.47. The van der Waals surface area contributed by atoms with Gasteiger partial charge in [-0.3, -0.25) is 11.3 Å². The molecule has 2 aliphatic rings. The van der Waals surface area contributed by atoms with Crippen molar-refractivity contribution in [1.29, 1.82) is 0 Å². The highest BCUT2D eigenvalue weighted by atomic mass is 15.2. The van der Waals surface area contributed by atoms with Gasteiger partial charge in [0.2, 0.25) is 0 Å². The number of hydrazine groups is 1. The first-order valence-corrected chi connectivity index (χ1v) is 6.20. The maximum atomic E-state index is 5.69. The van der Waals surface area contributed by atoms with Crippen molar-refractivity contribution in [3.8, 4) is 0 Å². The lowest BCUT2D eigenvalue weighted by Crippen LogP contribution is -2.42.